The monoisotopic (exact) mass is 266 g/mol. The SMILES string of the molecule is CCOC(=O)c1cc(C(F)(F)F)nn1CCOC. The van der Waals surface area contributed by atoms with Crippen LogP contribution < -0.4 is 0 Å². The molecule has 1 rings (SSSR count). The molecule has 0 amide bonds. The minimum absolute atomic E-state index is 0.0424. The Morgan fingerprint density at radius 1 is 1.50 bits per heavy atom. The van der Waals surface area contributed by atoms with Crippen LogP contribution in [0.2, 0.25) is 0 Å². The molecule has 18 heavy (non-hydrogen) atoms. The summed E-state index contributed by atoms with van der Waals surface area (Å²) in [4.78, 5) is 11.5. The fourth-order valence-electron chi connectivity index (χ4n) is 1.27. The molecule has 0 saturated carbocycles. The predicted octanol–water partition coefficient (Wildman–Crippen LogP) is 1.72. The van der Waals surface area contributed by atoms with Gasteiger partial charge in [0.15, 0.2) is 5.69 Å². The molecule has 102 valence electrons. The largest absolute Gasteiger partial charge is 0.461 e. The summed E-state index contributed by atoms with van der Waals surface area (Å²) in [5, 5.41) is 3.33. The van der Waals surface area contributed by atoms with E-state index in [0.717, 1.165) is 4.68 Å². The van der Waals surface area contributed by atoms with Gasteiger partial charge in [0.05, 0.1) is 19.8 Å². The number of ether oxygens (including phenoxy) is 2. The summed E-state index contributed by atoms with van der Waals surface area (Å²) in [6, 6.07) is 0.674. The molecular weight excluding hydrogens is 253 g/mol. The number of hydrogen-bond donors (Lipinski definition) is 0. The van der Waals surface area contributed by atoms with Crippen LogP contribution in [0.3, 0.4) is 0 Å². The van der Waals surface area contributed by atoms with E-state index in [0.29, 0.717) is 6.07 Å². The molecule has 8 heteroatoms. The standard InChI is InChI=1S/C10H13F3N2O3/c1-3-18-9(16)7-6-8(10(11,12)13)14-15(7)4-5-17-2/h6H,3-5H2,1-2H3. The summed E-state index contributed by atoms with van der Waals surface area (Å²) >= 11 is 0. The molecular formula is C10H13F3N2O3. The van der Waals surface area contributed by atoms with Gasteiger partial charge in [-0.1, -0.05) is 0 Å². The van der Waals surface area contributed by atoms with E-state index in [-0.39, 0.29) is 25.5 Å². The Balaban J connectivity index is 3.04. The Morgan fingerprint density at radius 3 is 2.67 bits per heavy atom. The molecule has 1 aromatic heterocycles. The lowest BCUT2D eigenvalue weighted by Gasteiger charge is -2.05. The van der Waals surface area contributed by atoms with Gasteiger partial charge in [0, 0.05) is 13.2 Å². The molecule has 0 atom stereocenters. The zero-order chi connectivity index (χ0) is 13.8. The van der Waals surface area contributed by atoms with Gasteiger partial charge in [0.2, 0.25) is 0 Å². The molecule has 0 radical (unpaired) electrons. The number of carbonyl (C=O) groups is 1. The van der Waals surface area contributed by atoms with Gasteiger partial charge < -0.3 is 9.47 Å². The van der Waals surface area contributed by atoms with Crippen molar-refractivity contribution in [2.75, 3.05) is 20.3 Å². The third-order valence-electron chi connectivity index (χ3n) is 2.06. The second kappa shape index (κ2) is 5.85. The van der Waals surface area contributed by atoms with Gasteiger partial charge in [0.25, 0.3) is 0 Å². The van der Waals surface area contributed by atoms with Crippen LogP contribution in [-0.2, 0) is 22.2 Å². The maximum Gasteiger partial charge on any atom is 0.435 e. The van der Waals surface area contributed by atoms with Crippen LogP contribution in [0, 0.1) is 0 Å². The Labute approximate surface area is 101 Å². The fraction of sp³-hybridized carbons (Fsp3) is 0.600. The Bertz CT molecular complexity index is 415. The third kappa shape index (κ3) is 3.46. The number of nitrogens with zero attached hydrogens (tertiary/aromatic N) is 2. The molecule has 0 saturated heterocycles. The quantitative estimate of drug-likeness (QED) is 0.761. The molecule has 0 aliphatic carbocycles. The van der Waals surface area contributed by atoms with Crippen molar-refractivity contribution in [1.82, 2.24) is 9.78 Å². The van der Waals surface area contributed by atoms with Crippen LogP contribution in [-0.4, -0.2) is 36.1 Å². The number of halogens is 3. The highest BCUT2D eigenvalue weighted by Gasteiger charge is 2.36. The topological polar surface area (TPSA) is 53.3 Å². The van der Waals surface area contributed by atoms with E-state index in [1.807, 2.05) is 0 Å². The summed E-state index contributed by atoms with van der Waals surface area (Å²) in [5.74, 6) is -0.836. The lowest BCUT2D eigenvalue weighted by Crippen LogP contribution is -2.16. The first-order valence-corrected chi connectivity index (χ1v) is 5.21. The van der Waals surface area contributed by atoms with E-state index in [9.17, 15) is 18.0 Å². The Kier molecular flexibility index (Phi) is 4.71. The average molecular weight is 266 g/mol. The van der Waals surface area contributed by atoms with Crippen molar-refractivity contribution in [1.29, 1.82) is 0 Å². The van der Waals surface area contributed by atoms with Crippen LogP contribution in [0.5, 0.6) is 0 Å². The van der Waals surface area contributed by atoms with Gasteiger partial charge in [-0.2, -0.15) is 18.3 Å². The van der Waals surface area contributed by atoms with Crippen molar-refractivity contribution in [3.05, 3.63) is 17.5 Å². The summed E-state index contributed by atoms with van der Waals surface area (Å²) in [5.41, 5.74) is -1.36. The number of esters is 1. The van der Waals surface area contributed by atoms with Gasteiger partial charge >= 0.3 is 12.1 Å². The van der Waals surface area contributed by atoms with Gasteiger partial charge in [0.1, 0.15) is 5.69 Å². The molecule has 0 aliphatic rings. The molecule has 0 aliphatic heterocycles. The van der Waals surface area contributed by atoms with Crippen LogP contribution in [0.15, 0.2) is 6.07 Å². The highest BCUT2D eigenvalue weighted by atomic mass is 19.4. The lowest BCUT2D eigenvalue weighted by atomic mass is 10.3. The van der Waals surface area contributed by atoms with Gasteiger partial charge in [-0.05, 0) is 6.92 Å². The van der Waals surface area contributed by atoms with Crippen molar-refractivity contribution in [2.45, 2.75) is 19.6 Å². The number of methoxy groups -OCH3 is 1. The molecule has 0 spiro atoms. The molecule has 0 aromatic carbocycles. The van der Waals surface area contributed by atoms with Crippen molar-refractivity contribution < 1.29 is 27.4 Å². The molecule has 1 aromatic rings. The highest BCUT2D eigenvalue weighted by molar-refractivity contribution is 5.87. The summed E-state index contributed by atoms with van der Waals surface area (Å²) in [7, 11) is 1.40. The summed E-state index contributed by atoms with van der Waals surface area (Å²) < 4.78 is 47.8. The van der Waals surface area contributed by atoms with E-state index in [1.165, 1.54) is 7.11 Å². The molecule has 1 heterocycles. The number of carbonyl (C=O) groups excluding carboxylic acids is 1. The zero-order valence-corrected chi connectivity index (χ0v) is 9.95. The average Bonchev–Trinajstić information content (AvgIpc) is 2.70. The van der Waals surface area contributed by atoms with Crippen LogP contribution in [0.1, 0.15) is 23.1 Å². The number of rotatable bonds is 5. The van der Waals surface area contributed by atoms with E-state index in [2.05, 4.69) is 9.84 Å². The maximum atomic E-state index is 12.5. The van der Waals surface area contributed by atoms with Crippen molar-refractivity contribution in [3.63, 3.8) is 0 Å². The lowest BCUT2D eigenvalue weighted by molar-refractivity contribution is -0.141. The summed E-state index contributed by atoms with van der Waals surface area (Å²) in [6.07, 6.45) is -4.60. The molecule has 0 unspecified atom stereocenters. The Morgan fingerprint density at radius 2 is 2.17 bits per heavy atom. The predicted molar refractivity (Wildman–Crippen MR) is 55.1 cm³/mol. The van der Waals surface area contributed by atoms with Gasteiger partial charge in [-0.15, -0.1) is 0 Å². The van der Waals surface area contributed by atoms with E-state index >= 15 is 0 Å². The molecule has 0 bridgehead atoms. The first kappa shape index (κ1) is 14.5. The van der Waals surface area contributed by atoms with Crippen LogP contribution in [0.25, 0.3) is 0 Å². The first-order chi connectivity index (χ1) is 8.40. The normalized spacial score (nSPS) is 11.6. The van der Waals surface area contributed by atoms with Gasteiger partial charge in [-0.3, -0.25) is 4.68 Å². The molecule has 0 N–H and O–H groups in total. The number of aromatic nitrogens is 2. The maximum absolute atomic E-state index is 12.5. The Hall–Kier alpha value is -1.57. The first-order valence-electron chi connectivity index (χ1n) is 5.21. The fourth-order valence-corrected chi connectivity index (χ4v) is 1.27. The molecule has 5 nitrogen and oxygen atoms in total. The smallest absolute Gasteiger partial charge is 0.435 e. The van der Waals surface area contributed by atoms with Gasteiger partial charge in [-0.25, -0.2) is 4.79 Å². The van der Waals surface area contributed by atoms with Crippen molar-refractivity contribution in [3.8, 4) is 0 Å². The third-order valence-corrected chi connectivity index (χ3v) is 2.06. The van der Waals surface area contributed by atoms with Crippen LogP contribution in [0.4, 0.5) is 13.2 Å². The van der Waals surface area contributed by atoms with E-state index in [1.54, 1.807) is 6.92 Å². The summed E-state index contributed by atoms with van der Waals surface area (Å²) in [6.45, 7) is 1.83. The van der Waals surface area contributed by atoms with Crippen molar-refractivity contribution >= 4 is 5.97 Å². The van der Waals surface area contributed by atoms with Crippen molar-refractivity contribution in [2.24, 2.45) is 0 Å². The van der Waals surface area contributed by atoms with E-state index < -0.39 is 17.8 Å². The van der Waals surface area contributed by atoms with Crippen LogP contribution >= 0.6 is 0 Å². The van der Waals surface area contributed by atoms with E-state index in [4.69, 9.17) is 4.74 Å². The molecule has 0 fully saturated rings. The minimum atomic E-state index is -4.60. The second-order valence-corrected chi connectivity index (χ2v) is 3.35. The highest BCUT2D eigenvalue weighted by Crippen LogP contribution is 2.28. The minimum Gasteiger partial charge on any atom is -0.461 e. The zero-order valence-electron chi connectivity index (χ0n) is 9.95. The second-order valence-electron chi connectivity index (χ2n) is 3.35. The number of alkyl halides is 3. The number of hydrogen-bond acceptors (Lipinski definition) is 4.